The Hall–Kier alpha value is -2.60. The third kappa shape index (κ3) is 3.25. The predicted molar refractivity (Wildman–Crippen MR) is 109 cm³/mol. The minimum Gasteiger partial charge on any atom is -0.308 e. The zero-order valence-corrected chi connectivity index (χ0v) is 16.5. The van der Waals surface area contributed by atoms with Crippen molar-refractivity contribution >= 4 is 23.4 Å². The molecule has 0 unspecified atom stereocenters. The van der Waals surface area contributed by atoms with Crippen LogP contribution >= 0.6 is 11.8 Å². The van der Waals surface area contributed by atoms with Crippen molar-refractivity contribution in [1.29, 1.82) is 0 Å². The van der Waals surface area contributed by atoms with Gasteiger partial charge in [0.2, 0.25) is 5.91 Å². The smallest absolute Gasteiger partial charge is 0.240 e. The zero-order valence-electron chi connectivity index (χ0n) is 15.7. The largest absolute Gasteiger partial charge is 0.308 e. The molecule has 6 heteroatoms. The second-order valence-electron chi connectivity index (χ2n) is 6.88. The third-order valence-electron chi connectivity index (χ3n) is 4.94. The van der Waals surface area contributed by atoms with Crippen LogP contribution in [0.1, 0.15) is 19.4 Å². The number of fused-ring (bicyclic) bond motifs is 1. The van der Waals surface area contributed by atoms with Crippen LogP contribution in [0.3, 0.4) is 0 Å². The van der Waals surface area contributed by atoms with E-state index in [4.69, 9.17) is 0 Å². The lowest BCUT2D eigenvalue weighted by atomic mass is 10.1. The highest BCUT2D eigenvalue weighted by atomic mass is 32.2. The van der Waals surface area contributed by atoms with Crippen LogP contribution in [0, 0.1) is 0 Å². The highest BCUT2D eigenvalue weighted by Crippen LogP contribution is 2.34. The number of carbonyl (C=O) groups is 1. The molecule has 1 aliphatic rings. The molecule has 3 aromatic rings. The Labute approximate surface area is 163 Å². The van der Waals surface area contributed by atoms with Crippen molar-refractivity contribution in [3.8, 4) is 11.4 Å². The van der Waals surface area contributed by atoms with Crippen LogP contribution in [0.2, 0.25) is 0 Å². The summed E-state index contributed by atoms with van der Waals surface area (Å²) >= 11 is 1.46. The van der Waals surface area contributed by atoms with Gasteiger partial charge >= 0.3 is 0 Å². The lowest BCUT2D eigenvalue weighted by Crippen LogP contribution is -2.40. The number of hydrogen-bond donors (Lipinski definition) is 0. The molecule has 27 heavy (non-hydrogen) atoms. The molecule has 1 aromatic heterocycles. The molecule has 0 fully saturated rings. The van der Waals surface area contributed by atoms with E-state index in [-0.39, 0.29) is 17.2 Å². The summed E-state index contributed by atoms with van der Waals surface area (Å²) in [6.45, 7) is 4.04. The maximum atomic E-state index is 13.2. The molecule has 2 heterocycles. The monoisotopic (exact) mass is 378 g/mol. The summed E-state index contributed by atoms with van der Waals surface area (Å²) in [5.74, 6) is 0.916. The number of thioether (sulfide) groups is 1. The van der Waals surface area contributed by atoms with E-state index in [2.05, 4.69) is 23.2 Å². The number of benzene rings is 2. The molecule has 138 valence electrons. The quantitative estimate of drug-likeness (QED) is 0.645. The van der Waals surface area contributed by atoms with Crippen molar-refractivity contribution in [3.63, 3.8) is 0 Å². The van der Waals surface area contributed by atoms with E-state index in [1.165, 1.54) is 17.3 Å². The number of hydrogen-bond acceptors (Lipinski definition) is 4. The van der Waals surface area contributed by atoms with Gasteiger partial charge < -0.3 is 9.47 Å². The van der Waals surface area contributed by atoms with Gasteiger partial charge in [-0.25, -0.2) is 0 Å². The Bertz CT molecular complexity index is 969. The number of amides is 1. The van der Waals surface area contributed by atoms with Crippen molar-refractivity contribution in [3.05, 3.63) is 60.2 Å². The number of nitrogens with zero attached hydrogens (tertiary/aromatic N) is 4. The molecular weight excluding hydrogens is 356 g/mol. The minimum atomic E-state index is -0.245. The summed E-state index contributed by atoms with van der Waals surface area (Å²) < 4.78 is 1.95. The number of aromatic nitrogens is 3. The van der Waals surface area contributed by atoms with E-state index >= 15 is 0 Å². The minimum absolute atomic E-state index is 0.113. The first-order chi connectivity index (χ1) is 13.1. The van der Waals surface area contributed by atoms with Crippen LogP contribution in [0.4, 0.5) is 5.69 Å². The van der Waals surface area contributed by atoms with Crippen molar-refractivity contribution < 1.29 is 4.79 Å². The Kier molecular flexibility index (Phi) is 4.74. The molecule has 0 spiro atoms. The first-order valence-corrected chi connectivity index (χ1v) is 9.96. The molecule has 0 N–H and O–H groups in total. The first-order valence-electron chi connectivity index (χ1n) is 9.08. The Balaban J connectivity index is 1.54. The SMILES string of the molecule is C[C@H](Sc1nnc(-c2ccccc2)n1C)C(=O)N1c2ccccc2C[C@H]1C. The second kappa shape index (κ2) is 7.19. The Morgan fingerprint density at radius 3 is 2.59 bits per heavy atom. The Morgan fingerprint density at radius 1 is 1.11 bits per heavy atom. The normalized spacial score (nSPS) is 17.0. The van der Waals surface area contributed by atoms with E-state index in [1.807, 2.05) is 72.0 Å². The molecule has 5 nitrogen and oxygen atoms in total. The van der Waals surface area contributed by atoms with E-state index < -0.39 is 0 Å². The van der Waals surface area contributed by atoms with Gasteiger partial charge in [-0.05, 0) is 31.9 Å². The maximum Gasteiger partial charge on any atom is 0.240 e. The van der Waals surface area contributed by atoms with Gasteiger partial charge in [-0.2, -0.15) is 0 Å². The van der Waals surface area contributed by atoms with E-state index in [1.54, 1.807) is 0 Å². The van der Waals surface area contributed by atoms with Gasteiger partial charge in [0, 0.05) is 24.3 Å². The van der Waals surface area contributed by atoms with Crippen molar-refractivity contribution in [2.75, 3.05) is 4.90 Å². The van der Waals surface area contributed by atoms with Crippen molar-refractivity contribution in [2.24, 2.45) is 7.05 Å². The predicted octanol–water partition coefficient (Wildman–Crippen LogP) is 3.94. The molecule has 1 amide bonds. The van der Waals surface area contributed by atoms with E-state index in [0.717, 1.165) is 28.7 Å². The van der Waals surface area contributed by atoms with Gasteiger partial charge in [-0.3, -0.25) is 4.79 Å². The van der Waals surface area contributed by atoms with Gasteiger partial charge in [-0.1, -0.05) is 60.3 Å². The Morgan fingerprint density at radius 2 is 1.81 bits per heavy atom. The molecule has 2 atom stereocenters. The fraction of sp³-hybridized carbons (Fsp3) is 0.286. The standard InChI is InChI=1S/C21H22N4OS/c1-14-13-17-11-7-8-12-18(17)25(14)20(26)15(2)27-21-23-22-19(24(21)3)16-9-5-4-6-10-16/h4-12,14-15H,13H2,1-3H3/t14-,15+/m1/s1. The number of rotatable bonds is 4. The van der Waals surface area contributed by atoms with Crippen LogP contribution in [0.5, 0.6) is 0 Å². The van der Waals surface area contributed by atoms with Gasteiger partial charge in [-0.15, -0.1) is 10.2 Å². The molecular formula is C21H22N4OS. The second-order valence-corrected chi connectivity index (χ2v) is 8.19. The average Bonchev–Trinajstić information content (AvgIpc) is 3.21. The summed E-state index contributed by atoms with van der Waals surface area (Å²) in [6.07, 6.45) is 0.904. The third-order valence-corrected chi connectivity index (χ3v) is 6.06. The molecule has 0 aliphatic carbocycles. The number of anilines is 1. The molecule has 0 saturated heterocycles. The first kappa shape index (κ1) is 17.8. The fourth-order valence-electron chi connectivity index (χ4n) is 3.56. The molecule has 1 aliphatic heterocycles. The van der Waals surface area contributed by atoms with E-state index in [9.17, 15) is 4.79 Å². The van der Waals surface area contributed by atoms with Crippen molar-refractivity contribution in [2.45, 2.75) is 36.7 Å². The highest BCUT2D eigenvalue weighted by molar-refractivity contribution is 8.00. The lowest BCUT2D eigenvalue weighted by molar-refractivity contribution is -0.118. The lowest BCUT2D eigenvalue weighted by Gasteiger charge is -2.25. The van der Waals surface area contributed by atoms with E-state index in [0.29, 0.717) is 0 Å². The molecule has 0 bridgehead atoms. The molecule has 4 rings (SSSR count). The molecule has 0 saturated carbocycles. The van der Waals surface area contributed by atoms with Crippen molar-refractivity contribution in [1.82, 2.24) is 14.8 Å². The topological polar surface area (TPSA) is 51.0 Å². The zero-order chi connectivity index (χ0) is 19.0. The summed E-state index contributed by atoms with van der Waals surface area (Å²) in [6, 6.07) is 18.3. The fourth-order valence-corrected chi connectivity index (χ4v) is 4.43. The van der Waals surface area contributed by atoms with Crippen LogP contribution in [-0.2, 0) is 18.3 Å². The summed E-state index contributed by atoms with van der Waals surface area (Å²) in [4.78, 5) is 15.1. The van der Waals surface area contributed by atoms with Crippen LogP contribution < -0.4 is 4.90 Å². The maximum absolute atomic E-state index is 13.2. The van der Waals surface area contributed by atoms with Crippen LogP contribution in [-0.4, -0.2) is 32.0 Å². The summed E-state index contributed by atoms with van der Waals surface area (Å²) in [5, 5.41) is 9.12. The molecule has 0 radical (unpaired) electrons. The average molecular weight is 379 g/mol. The van der Waals surface area contributed by atoms with Gasteiger partial charge in [0.15, 0.2) is 11.0 Å². The van der Waals surface area contributed by atoms with Crippen LogP contribution in [0.25, 0.3) is 11.4 Å². The van der Waals surface area contributed by atoms with Gasteiger partial charge in [0.05, 0.1) is 5.25 Å². The number of carbonyl (C=O) groups excluding carboxylic acids is 1. The number of para-hydroxylation sites is 1. The van der Waals surface area contributed by atoms with Crippen LogP contribution in [0.15, 0.2) is 59.8 Å². The highest BCUT2D eigenvalue weighted by Gasteiger charge is 2.34. The van der Waals surface area contributed by atoms with Gasteiger partial charge in [0.25, 0.3) is 0 Å². The molecule has 2 aromatic carbocycles. The summed E-state index contributed by atoms with van der Waals surface area (Å²) in [7, 11) is 1.94. The van der Waals surface area contributed by atoms with Gasteiger partial charge in [0.1, 0.15) is 0 Å². The summed E-state index contributed by atoms with van der Waals surface area (Å²) in [5.41, 5.74) is 3.28.